The molecule has 2 aromatic rings. The van der Waals surface area contributed by atoms with E-state index in [0.717, 1.165) is 5.69 Å². The average molecular weight is 188 g/mol. The zero-order valence-electron chi connectivity index (χ0n) is 7.63. The molecule has 0 atom stereocenters. The number of furan rings is 1. The molecule has 0 saturated heterocycles. The first kappa shape index (κ1) is 7.55. The molecule has 1 N–H and O–H groups in total. The Morgan fingerprint density at radius 1 is 1.50 bits per heavy atom. The number of nitrogens with one attached hydrogen (secondary N) is 1. The van der Waals surface area contributed by atoms with Gasteiger partial charge in [-0.1, -0.05) is 0 Å². The van der Waals surface area contributed by atoms with Gasteiger partial charge in [0.05, 0.1) is 6.54 Å². The van der Waals surface area contributed by atoms with Gasteiger partial charge in [-0.05, 0) is 19.1 Å². The summed E-state index contributed by atoms with van der Waals surface area (Å²) in [5.74, 6) is 0.611. The Hall–Kier alpha value is -1.84. The van der Waals surface area contributed by atoms with Gasteiger partial charge >= 0.3 is 0 Å². The molecule has 3 rings (SSSR count). The van der Waals surface area contributed by atoms with E-state index < -0.39 is 0 Å². The molecule has 4 nitrogen and oxygen atoms in total. The van der Waals surface area contributed by atoms with E-state index in [1.165, 1.54) is 0 Å². The van der Waals surface area contributed by atoms with Crippen LogP contribution in [-0.2, 0) is 6.54 Å². The number of fused-ring (bicyclic) bond motifs is 3. The first-order chi connectivity index (χ1) is 6.75. The molecule has 1 aliphatic rings. The number of aromatic nitrogens is 1. The number of amides is 1. The Bertz CT molecular complexity index is 542. The molecule has 14 heavy (non-hydrogen) atoms. The first-order valence-corrected chi connectivity index (χ1v) is 4.43. The van der Waals surface area contributed by atoms with E-state index in [4.69, 9.17) is 4.42 Å². The lowest BCUT2D eigenvalue weighted by atomic mass is 10.2. The molecule has 1 amide bonds. The van der Waals surface area contributed by atoms with Crippen LogP contribution >= 0.6 is 0 Å². The summed E-state index contributed by atoms with van der Waals surface area (Å²) in [7, 11) is 0. The van der Waals surface area contributed by atoms with Crippen LogP contribution in [-0.4, -0.2) is 10.9 Å². The van der Waals surface area contributed by atoms with Crippen molar-refractivity contribution in [3.05, 3.63) is 29.2 Å². The predicted octanol–water partition coefficient (Wildman–Crippen LogP) is 1.38. The highest BCUT2D eigenvalue weighted by Gasteiger charge is 2.27. The molecule has 70 valence electrons. The molecule has 0 spiro atoms. The maximum absolute atomic E-state index is 11.4. The molecule has 0 aliphatic carbocycles. The summed E-state index contributed by atoms with van der Waals surface area (Å²) in [5.41, 5.74) is 2.86. The number of nitrogens with zero attached hydrogens (tertiary/aromatic N) is 1. The second-order valence-corrected chi connectivity index (χ2v) is 3.38. The highest BCUT2D eigenvalue weighted by molar-refractivity contribution is 6.07. The van der Waals surface area contributed by atoms with Gasteiger partial charge in [0.15, 0.2) is 5.58 Å². The van der Waals surface area contributed by atoms with Gasteiger partial charge in [0, 0.05) is 5.69 Å². The van der Waals surface area contributed by atoms with Crippen LogP contribution in [0.3, 0.4) is 0 Å². The summed E-state index contributed by atoms with van der Waals surface area (Å²) < 4.78 is 5.49. The smallest absolute Gasteiger partial charge is 0.257 e. The molecule has 0 bridgehead atoms. The van der Waals surface area contributed by atoms with E-state index in [2.05, 4.69) is 10.3 Å². The zero-order valence-corrected chi connectivity index (χ0v) is 7.63. The van der Waals surface area contributed by atoms with E-state index in [9.17, 15) is 4.79 Å². The van der Waals surface area contributed by atoms with Crippen molar-refractivity contribution in [2.75, 3.05) is 0 Å². The van der Waals surface area contributed by atoms with E-state index in [1.54, 1.807) is 0 Å². The lowest BCUT2D eigenvalue weighted by Crippen LogP contribution is -2.13. The Balaban J connectivity index is 2.43. The van der Waals surface area contributed by atoms with E-state index >= 15 is 0 Å². The average Bonchev–Trinajstić information content (AvgIpc) is 2.67. The topological polar surface area (TPSA) is 55.1 Å². The minimum absolute atomic E-state index is 0.0862. The fourth-order valence-corrected chi connectivity index (χ4v) is 1.73. The van der Waals surface area contributed by atoms with Gasteiger partial charge in [0.1, 0.15) is 16.8 Å². The highest BCUT2D eigenvalue weighted by Crippen LogP contribution is 2.27. The van der Waals surface area contributed by atoms with Gasteiger partial charge in [-0.15, -0.1) is 0 Å². The summed E-state index contributed by atoms with van der Waals surface area (Å²) in [4.78, 5) is 15.7. The third-order valence-corrected chi connectivity index (χ3v) is 2.38. The molecule has 4 heteroatoms. The van der Waals surface area contributed by atoms with Gasteiger partial charge in [0.2, 0.25) is 0 Å². The van der Waals surface area contributed by atoms with Crippen LogP contribution in [0.1, 0.15) is 21.8 Å². The molecule has 3 heterocycles. The SMILES string of the molecule is Cc1ccc2oc3c(c2n1)C(=O)NC3. The van der Waals surface area contributed by atoms with Crippen molar-refractivity contribution < 1.29 is 9.21 Å². The summed E-state index contributed by atoms with van der Waals surface area (Å²) in [6.07, 6.45) is 0. The number of aryl methyl sites for hydroxylation is 1. The van der Waals surface area contributed by atoms with Crippen LogP contribution < -0.4 is 5.32 Å². The Morgan fingerprint density at radius 2 is 2.36 bits per heavy atom. The number of carbonyl (C=O) groups is 1. The van der Waals surface area contributed by atoms with Crippen molar-refractivity contribution in [1.29, 1.82) is 0 Å². The van der Waals surface area contributed by atoms with Gasteiger partial charge in [-0.2, -0.15) is 0 Å². The van der Waals surface area contributed by atoms with Crippen molar-refractivity contribution in [2.24, 2.45) is 0 Å². The van der Waals surface area contributed by atoms with Gasteiger partial charge in [-0.25, -0.2) is 4.98 Å². The number of hydrogen-bond acceptors (Lipinski definition) is 3. The van der Waals surface area contributed by atoms with Crippen molar-refractivity contribution >= 4 is 17.0 Å². The molecule has 0 fully saturated rings. The zero-order chi connectivity index (χ0) is 9.71. The van der Waals surface area contributed by atoms with Crippen molar-refractivity contribution in [3.8, 4) is 0 Å². The minimum Gasteiger partial charge on any atom is -0.457 e. The second kappa shape index (κ2) is 2.35. The van der Waals surface area contributed by atoms with Crippen LogP contribution in [0.15, 0.2) is 16.5 Å². The Kier molecular flexibility index (Phi) is 1.27. The van der Waals surface area contributed by atoms with Crippen LogP contribution in [0.5, 0.6) is 0 Å². The molecular formula is C10H8N2O2. The lowest BCUT2D eigenvalue weighted by Gasteiger charge is -1.93. The molecule has 1 aliphatic heterocycles. The van der Waals surface area contributed by atoms with Crippen LogP contribution in [0.25, 0.3) is 11.1 Å². The lowest BCUT2D eigenvalue weighted by molar-refractivity contribution is 0.0967. The number of hydrogen-bond donors (Lipinski definition) is 1. The van der Waals surface area contributed by atoms with Crippen LogP contribution in [0.4, 0.5) is 0 Å². The van der Waals surface area contributed by atoms with Crippen molar-refractivity contribution in [2.45, 2.75) is 13.5 Å². The standard InChI is InChI=1S/C10H8N2O2/c1-5-2-3-6-9(12-5)8-7(14-6)4-11-10(8)13/h2-3H,4H2,1H3,(H,11,13). The van der Waals surface area contributed by atoms with Crippen molar-refractivity contribution in [1.82, 2.24) is 10.3 Å². The molecule has 0 radical (unpaired) electrons. The Morgan fingerprint density at radius 3 is 3.21 bits per heavy atom. The van der Waals surface area contributed by atoms with Gasteiger partial charge in [-0.3, -0.25) is 4.79 Å². The third kappa shape index (κ3) is 0.824. The van der Waals surface area contributed by atoms with E-state index in [-0.39, 0.29) is 5.91 Å². The monoisotopic (exact) mass is 188 g/mol. The predicted molar refractivity (Wildman–Crippen MR) is 49.9 cm³/mol. The highest BCUT2D eigenvalue weighted by atomic mass is 16.3. The molecule has 0 aromatic carbocycles. The fourth-order valence-electron chi connectivity index (χ4n) is 1.73. The third-order valence-electron chi connectivity index (χ3n) is 2.38. The minimum atomic E-state index is -0.0862. The summed E-state index contributed by atoms with van der Waals surface area (Å²) in [5, 5.41) is 2.70. The van der Waals surface area contributed by atoms with Crippen molar-refractivity contribution in [3.63, 3.8) is 0 Å². The fraction of sp³-hybridized carbons (Fsp3) is 0.200. The van der Waals surface area contributed by atoms with E-state index in [0.29, 0.717) is 29.0 Å². The molecule has 0 saturated carbocycles. The summed E-state index contributed by atoms with van der Waals surface area (Å²) in [6.45, 7) is 2.37. The molecular weight excluding hydrogens is 180 g/mol. The van der Waals surface area contributed by atoms with Crippen LogP contribution in [0, 0.1) is 6.92 Å². The number of carbonyl (C=O) groups excluding carboxylic acids is 1. The number of pyridine rings is 1. The molecule has 2 aromatic heterocycles. The first-order valence-electron chi connectivity index (χ1n) is 4.43. The van der Waals surface area contributed by atoms with Gasteiger partial charge in [0.25, 0.3) is 5.91 Å². The van der Waals surface area contributed by atoms with Gasteiger partial charge < -0.3 is 9.73 Å². The summed E-state index contributed by atoms with van der Waals surface area (Å²) in [6, 6.07) is 3.72. The number of rotatable bonds is 0. The Labute approximate surface area is 79.9 Å². The largest absolute Gasteiger partial charge is 0.457 e. The van der Waals surface area contributed by atoms with Crippen LogP contribution in [0.2, 0.25) is 0 Å². The second-order valence-electron chi connectivity index (χ2n) is 3.38. The quantitative estimate of drug-likeness (QED) is 0.679. The van der Waals surface area contributed by atoms with E-state index in [1.807, 2.05) is 19.1 Å². The molecule has 0 unspecified atom stereocenters. The maximum atomic E-state index is 11.4. The normalized spacial score (nSPS) is 14.5. The summed E-state index contributed by atoms with van der Waals surface area (Å²) >= 11 is 0. The maximum Gasteiger partial charge on any atom is 0.257 e.